The van der Waals surface area contributed by atoms with E-state index in [1.54, 1.807) is 12.1 Å². The molecule has 0 spiro atoms. The normalized spacial score (nSPS) is 10.4. The molecule has 1 aromatic rings. The molecular weight excluding hydrogens is 205 g/mol. The third-order valence-corrected chi connectivity index (χ3v) is 2.65. The smallest absolute Gasteiger partial charge is 0.125 e. The number of anilines is 1. The van der Waals surface area contributed by atoms with Crippen molar-refractivity contribution in [2.75, 3.05) is 25.1 Å². The zero-order valence-corrected chi connectivity index (χ0v) is 9.82. The van der Waals surface area contributed by atoms with E-state index in [-0.39, 0.29) is 12.4 Å². The van der Waals surface area contributed by atoms with Gasteiger partial charge in [-0.25, -0.2) is 4.39 Å². The third kappa shape index (κ3) is 4.62. The molecule has 0 saturated carbocycles. The van der Waals surface area contributed by atoms with E-state index in [9.17, 15) is 4.39 Å². The average molecular weight is 225 g/mol. The van der Waals surface area contributed by atoms with Crippen LogP contribution in [0.1, 0.15) is 25.7 Å². The number of nitrogens with zero attached hydrogens (tertiary/aromatic N) is 1. The molecule has 90 valence electrons. The zero-order chi connectivity index (χ0) is 11.8. The molecule has 1 N–H and O–H groups in total. The first-order valence-electron chi connectivity index (χ1n) is 5.81. The molecule has 0 aliphatic carbocycles. The van der Waals surface area contributed by atoms with Crippen molar-refractivity contribution in [3.63, 3.8) is 0 Å². The van der Waals surface area contributed by atoms with Crippen molar-refractivity contribution in [1.29, 1.82) is 0 Å². The highest BCUT2D eigenvalue weighted by Crippen LogP contribution is 2.14. The van der Waals surface area contributed by atoms with Gasteiger partial charge in [-0.05, 0) is 31.0 Å². The lowest BCUT2D eigenvalue weighted by molar-refractivity contribution is 0.282. The second-order valence-corrected chi connectivity index (χ2v) is 4.04. The Morgan fingerprint density at radius 2 is 1.94 bits per heavy atom. The largest absolute Gasteiger partial charge is 0.396 e. The van der Waals surface area contributed by atoms with Gasteiger partial charge in [0.05, 0.1) is 0 Å². The summed E-state index contributed by atoms with van der Waals surface area (Å²) >= 11 is 0. The predicted molar refractivity (Wildman–Crippen MR) is 65.2 cm³/mol. The summed E-state index contributed by atoms with van der Waals surface area (Å²) in [5, 5.41) is 8.63. The van der Waals surface area contributed by atoms with E-state index >= 15 is 0 Å². The van der Waals surface area contributed by atoms with Gasteiger partial charge in [0.2, 0.25) is 0 Å². The number of aliphatic hydroxyl groups excluding tert-OH is 1. The summed E-state index contributed by atoms with van der Waals surface area (Å²) in [7, 11) is 1.97. The maximum atomic E-state index is 13.0. The van der Waals surface area contributed by atoms with Crippen molar-refractivity contribution in [3.05, 3.63) is 30.1 Å². The molecule has 0 amide bonds. The van der Waals surface area contributed by atoms with Crippen LogP contribution in [-0.2, 0) is 0 Å². The second kappa shape index (κ2) is 7.23. The summed E-state index contributed by atoms with van der Waals surface area (Å²) in [5.74, 6) is -0.190. The quantitative estimate of drug-likeness (QED) is 0.721. The highest BCUT2D eigenvalue weighted by molar-refractivity contribution is 5.45. The van der Waals surface area contributed by atoms with Crippen LogP contribution in [0, 0.1) is 5.82 Å². The molecule has 3 heteroatoms. The third-order valence-electron chi connectivity index (χ3n) is 2.65. The number of halogens is 1. The molecule has 0 unspecified atom stereocenters. The Bertz CT molecular complexity index is 304. The van der Waals surface area contributed by atoms with Gasteiger partial charge in [0.25, 0.3) is 0 Å². The lowest BCUT2D eigenvalue weighted by Gasteiger charge is -2.19. The topological polar surface area (TPSA) is 23.5 Å². The Morgan fingerprint density at radius 1 is 1.19 bits per heavy atom. The van der Waals surface area contributed by atoms with Crippen molar-refractivity contribution in [2.45, 2.75) is 25.7 Å². The Balaban J connectivity index is 2.27. The Labute approximate surface area is 96.7 Å². The van der Waals surface area contributed by atoms with Crippen LogP contribution in [0.2, 0.25) is 0 Å². The Hall–Kier alpha value is -1.09. The summed E-state index contributed by atoms with van der Waals surface area (Å²) in [6, 6.07) is 6.65. The van der Waals surface area contributed by atoms with Crippen LogP contribution < -0.4 is 4.90 Å². The lowest BCUT2D eigenvalue weighted by atomic mass is 10.2. The van der Waals surface area contributed by atoms with E-state index in [0.717, 1.165) is 37.9 Å². The molecule has 0 radical (unpaired) electrons. The summed E-state index contributed by atoms with van der Waals surface area (Å²) in [6.45, 7) is 1.20. The monoisotopic (exact) mass is 225 g/mol. The minimum atomic E-state index is -0.190. The molecule has 2 nitrogen and oxygen atoms in total. The molecule has 0 aromatic heterocycles. The summed E-state index contributed by atoms with van der Waals surface area (Å²) in [6.07, 6.45) is 4.13. The molecule has 1 rings (SSSR count). The van der Waals surface area contributed by atoms with Gasteiger partial charge >= 0.3 is 0 Å². The first-order valence-corrected chi connectivity index (χ1v) is 5.81. The molecule has 0 atom stereocenters. The number of unbranched alkanes of at least 4 members (excludes halogenated alkanes) is 3. The standard InChI is InChI=1S/C13H20FNO/c1-15(9-4-2-3-5-10-16)13-8-6-7-12(14)11-13/h6-8,11,16H,2-5,9-10H2,1H3. The maximum absolute atomic E-state index is 13.0. The molecule has 0 saturated heterocycles. The van der Waals surface area contributed by atoms with Crippen LogP contribution in [0.3, 0.4) is 0 Å². The van der Waals surface area contributed by atoms with Crippen molar-refractivity contribution < 1.29 is 9.50 Å². The highest BCUT2D eigenvalue weighted by Gasteiger charge is 2.01. The van der Waals surface area contributed by atoms with Gasteiger partial charge in [0.15, 0.2) is 0 Å². The van der Waals surface area contributed by atoms with E-state index < -0.39 is 0 Å². The number of aliphatic hydroxyl groups is 1. The van der Waals surface area contributed by atoms with Crippen LogP contribution in [-0.4, -0.2) is 25.3 Å². The number of benzene rings is 1. The molecule has 0 bridgehead atoms. The summed E-state index contributed by atoms with van der Waals surface area (Å²) in [4.78, 5) is 2.06. The Morgan fingerprint density at radius 3 is 2.62 bits per heavy atom. The number of rotatable bonds is 7. The van der Waals surface area contributed by atoms with Gasteiger partial charge in [-0.3, -0.25) is 0 Å². The fourth-order valence-electron chi connectivity index (χ4n) is 1.66. The van der Waals surface area contributed by atoms with Crippen LogP contribution >= 0.6 is 0 Å². The minimum absolute atomic E-state index is 0.190. The summed E-state index contributed by atoms with van der Waals surface area (Å²) in [5.41, 5.74) is 0.919. The van der Waals surface area contributed by atoms with E-state index in [2.05, 4.69) is 4.90 Å². The zero-order valence-electron chi connectivity index (χ0n) is 9.82. The first-order chi connectivity index (χ1) is 7.74. The van der Waals surface area contributed by atoms with Crippen molar-refractivity contribution >= 4 is 5.69 Å². The van der Waals surface area contributed by atoms with Crippen molar-refractivity contribution in [2.24, 2.45) is 0 Å². The number of hydrogen-bond donors (Lipinski definition) is 1. The predicted octanol–water partition coefficient (Wildman–Crippen LogP) is 2.81. The minimum Gasteiger partial charge on any atom is -0.396 e. The van der Waals surface area contributed by atoms with E-state index in [0.29, 0.717) is 0 Å². The molecule has 16 heavy (non-hydrogen) atoms. The highest BCUT2D eigenvalue weighted by atomic mass is 19.1. The second-order valence-electron chi connectivity index (χ2n) is 4.04. The SMILES string of the molecule is CN(CCCCCCO)c1cccc(F)c1. The fraction of sp³-hybridized carbons (Fsp3) is 0.538. The first kappa shape index (κ1) is 13.0. The fourth-order valence-corrected chi connectivity index (χ4v) is 1.66. The van der Waals surface area contributed by atoms with Crippen LogP contribution in [0.25, 0.3) is 0 Å². The van der Waals surface area contributed by atoms with E-state index in [1.165, 1.54) is 6.07 Å². The van der Waals surface area contributed by atoms with Crippen LogP contribution in [0.4, 0.5) is 10.1 Å². The Kier molecular flexibility index (Phi) is 5.86. The van der Waals surface area contributed by atoms with Gasteiger partial charge in [-0.1, -0.05) is 18.9 Å². The lowest BCUT2D eigenvalue weighted by Crippen LogP contribution is -2.18. The van der Waals surface area contributed by atoms with E-state index in [1.807, 2.05) is 13.1 Å². The molecular formula is C13H20FNO. The molecule has 0 fully saturated rings. The molecule has 0 aliphatic heterocycles. The van der Waals surface area contributed by atoms with Gasteiger partial charge in [0, 0.05) is 25.9 Å². The van der Waals surface area contributed by atoms with Crippen LogP contribution in [0.5, 0.6) is 0 Å². The van der Waals surface area contributed by atoms with Crippen molar-refractivity contribution in [3.8, 4) is 0 Å². The van der Waals surface area contributed by atoms with Gasteiger partial charge in [-0.15, -0.1) is 0 Å². The molecule has 0 heterocycles. The molecule has 1 aromatic carbocycles. The van der Waals surface area contributed by atoms with Gasteiger partial charge < -0.3 is 10.0 Å². The van der Waals surface area contributed by atoms with Gasteiger partial charge in [0.1, 0.15) is 5.82 Å². The van der Waals surface area contributed by atoms with E-state index in [4.69, 9.17) is 5.11 Å². The summed E-state index contributed by atoms with van der Waals surface area (Å²) < 4.78 is 13.0. The maximum Gasteiger partial charge on any atom is 0.125 e. The van der Waals surface area contributed by atoms with Gasteiger partial charge in [-0.2, -0.15) is 0 Å². The molecule has 0 aliphatic rings. The number of hydrogen-bond acceptors (Lipinski definition) is 2. The van der Waals surface area contributed by atoms with Crippen molar-refractivity contribution in [1.82, 2.24) is 0 Å². The van der Waals surface area contributed by atoms with Crippen LogP contribution in [0.15, 0.2) is 24.3 Å². The average Bonchev–Trinajstić information content (AvgIpc) is 2.28.